The Labute approximate surface area is 183 Å². The minimum Gasteiger partial charge on any atom is -0.317 e. The second kappa shape index (κ2) is 7.70. The van der Waals surface area contributed by atoms with E-state index in [9.17, 15) is 18.0 Å². The zero-order valence-electron chi connectivity index (χ0n) is 16.5. The number of amides is 1. The number of aromatic nitrogens is 2. The number of nitrogens with one attached hydrogen (secondary N) is 1. The van der Waals surface area contributed by atoms with E-state index in [2.05, 4.69) is 10.3 Å². The fraction of sp³-hybridized carbons (Fsp3) is 0.286. The lowest BCUT2D eigenvalue weighted by Crippen LogP contribution is -2.49. The van der Waals surface area contributed by atoms with Crippen molar-refractivity contribution >= 4 is 33.0 Å². The van der Waals surface area contributed by atoms with Gasteiger partial charge in [-0.25, -0.2) is 8.42 Å². The van der Waals surface area contributed by atoms with Crippen LogP contribution in [0.4, 0.5) is 5.69 Å². The summed E-state index contributed by atoms with van der Waals surface area (Å²) in [5.41, 5.74) is 1.19. The topological polar surface area (TPSA) is 101 Å². The van der Waals surface area contributed by atoms with Crippen molar-refractivity contribution in [3.8, 4) is 0 Å². The molecule has 0 unspecified atom stereocenters. The van der Waals surface area contributed by atoms with Gasteiger partial charge in [0.05, 0.1) is 0 Å². The summed E-state index contributed by atoms with van der Waals surface area (Å²) < 4.78 is 29.6. The number of pyridine rings is 2. The summed E-state index contributed by atoms with van der Waals surface area (Å²) >= 11 is 1.22. The van der Waals surface area contributed by atoms with Gasteiger partial charge in [0.25, 0.3) is 21.5 Å². The van der Waals surface area contributed by atoms with Gasteiger partial charge in [0, 0.05) is 49.2 Å². The van der Waals surface area contributed by atoms with Gasteiger partial charge in [-0.2, -0.15) is 4.31 Å². The summed E-state index contributed by atoms with van der Waals surface area (Å²) in [5, 5.41) is 4.45. The molecule has 5 heterocycles. The molecule has 31 heavy (non-hydrogen) atoms. The van der Waals surface area contributed by atoms with Crippen LogP contribution in [0.3, 0.4) is 0 Å². The molecule has 3 aromatic heterocycles. The van der Waals surface area contributed by atoms with Crippen molar-refractivity contribution in [2.24, 2.45) is 5.92 Å². The molecule has 3 aromatic rings. The van der Waals surface area contributed by atoms with Crippen LogP contribution in [0, 0.1) is 5.92 Å². The molecule has 1 amide bonds. The number of hydrogen-bond acceptors (Lipinski definition) is 6. The van der Waals surface area contributed by atoms with E-state index in [0.29, 0.717) is 29.4 Å². The smallest absolute Gasteiger partial charge is 0.274 e. The summed E-state index contributed by atoms with van der Waals surface area (Å²) in [6.45, 7) is 1.16. The molecule has 2 aliphatic heterocycles. The van der Waals surface area contributed by atoms with Crippen LogP contribution in [0.15, 0.2) is 63.2 Å². The van der Waals surface area contributed by atoms with E-state index in [4.69, 9.17) is 0 Å². The van der Waals surface area contributed by atoms with E-state index < -0.39 is 10.0 Å². The molecule has 0 spiro atoms. The van der Waals surface area contributed by atoms with Crippen LogP contribution in [0.1, 0.15) is 28.4 Å². The van der Waals surface area contributed by atoms with Crippen molar-refractivity contribution in [2.45, 2.75) is 23.1 Å². The minimum absolute atomic E-state index is 0.0461. The largest absolute Gasteiger partial charge is 0.317 e. The van der Waals surface area contributed by atoms with Crippen LogP contribution < -0.4 is 10.9 Å². The highest BCUT2D eigenvalue weighted by molar-refractivity contribution is 7.91. The van der Waals surface area contributed by atoms with Crippen LogP contribution in [-0.4, -0.2) is 41.3 Å². The van der Waals surface area contributed by atoms with Gasteiger partial charge in [0.15, 0.2) is 0 Å². The number of piperidine rings is 1. The van der Waals surface area contributed by atoms with Gasteiger partial charge in [-0.3, -0.25) is 14.6 Å². The lowest BCUT2D eigenvalue weighted by atomic mass is 9.84. The molecule has 0 radical (unpaired) electrons. The van der Waals surface area contributed by atoms with Gasteiger partial charge in [-0.05, 0) is 48.1 Å². The summed E-state index contributed by atoms with van der Waals surface area (Å²) in [6, 6.07) is 9.96. The van der Waals surface area contributed by atoms with Crippen molar-refractivity contribution in [1.82, 2.24) is 13.9 Å². The molecule has 2 aliphatic rings. The molecule has 0 aliphatic carbocycles. The number of carbonyl (C=O) groups is 1. The SMILES string of the molecule is O=C(Nc1ccc2n(c1=O)C[C@H]1C[C@@H]2CN(S(=O)(=O)c2cccs2)C1)c1ccncc1. The second-order valence-corrected chi connectivity index (χ2v) is 10.9. The summed E-state index contributed by atoms with van der Waals surface area (Å²) in [7, 11) is -3.53. The molecule has 0 saturated carbocycles. The minimum atomic E-state index is -3.53. The molecule has 10 heteroatoms. The Morgan fingerprint density at radius 2 is 1.90 bits per heavy atom. The molecule has 8 nitrogen and oxygen atoms in total. The van der Waals surface area contributed by atoms with Crippen LogP contribution in [0.25, 0.3) is 0 Å². The molecule has 160 valence electrons. The monoisotopic (exact) mass is 456 g/mol. The first kappa shape index (κ1) is 20.1. The van der Waals surface area contributed by atoms with Gasteiger partial charge in [0.1, 0.15) is 9.90 Å². The van der Waals surface area contributed by atoms with Gasteiger partial charge >= 0.3 is 0 Å². The van der Waals surface area contributed by atoms with Crippen LogP contribution in [0.5, 0.6) is 0 Å². The quantitative estimate of drug-likeness (QED) is 0.650. The van der Waals surface area contributed by atoms with E-state index in [1.807, 2.05) is 6.07 Å². The average molecular weight is 457 g/mol. The maximum Gasteiger partial charge on any atom is 0.274 e. The lowest BCUT2D eigenvalue weighted by molar-refractivity contribution is 0.102. The van der Waals surface area contributed by atoms with Gasteiger partial charge < -0.3 is 9.88 Å². The first-order valence-electron chi connectivity index (χ1n) is 9.92. The van der Waals surface area contributed by atoms with Gasteiger partial charge in [-0.15, -0.1) is 11.3 Å². The van der Waals surface area contributed by atoms with E-state index in [1.165, 1.54) is 23.7 Å². The van der Waals surface area contributed by atoms with Crippen molar-refractivity contribution in [1.29, 1.82) is 0 Å². The Morgan fingerprint density at radius 1 is 1.10 bits per heavy atom. The Kier molecular flexibility index (Phi) is 4.99. The first-order valence-corrected chi connectivity index (χ1v) is 12.2. The molecule has 1 saturated heterocycles. The molecule has 0 aromatic carbocycles. The number of anilines is 1. The van der Waals surface area contributed by atoms with Gasteiger partial charge in [-0.1, -0.05) is 6.07 Å². The number of nitrogens with zero attached hydrogens (tertiary/aromatic N) is 3. The Balaban J connectivity index is 1.42. The standard InChI is InChI=1S/C21H20N4O4S2/c26-20(15-5-7-22-8-6-15)23-17-3-4-18-16-10-14(12-25(18)21(17)27)11-24(13-16)31(28,29)19-2-1-9-30-19/h1-9,14,16H,10-13H2,(H,23,26)/t14-,16+/m0/s1. The van der Waals surface area contributed by atoms with E-state index >= 15 is 0 Å². The zero-order valence-corrected chi connectivity index (χ0v) is 18.1. The number of hydrogen-bond donors (Lipinski definition) is 1. The molecular weight excluding hydrogens is 436 g/mol. The highest BCUT2D eigenvalue weighted by atomic mass is 32.2. The van der Waals surface area contributed by atoms with Crippen LogP contribution >= 0.6 is 11.3 Å². The number of fused-ring (bicyclic) bond motifs is 4. The molecule has 2 bridgehead atoms. The molecule has 2 atom stereocenters. The Morgan fingerprint density at radius 3 is 2.65 bits per heavy atom. The normalized spacial score (nSPS) is 20.8. The highest BCUT2D eigenvalue weighted by Crippen LogP contribution is 2.38. The van der Waals surface area contributed by atoms with Crippen molar-refractivity contribution in [3.63, 3.8) is 0 Å². The van der Waals surface area contributed by atoms with Gasteiger partial charge in [0.2, 0.25) is 0 Å². The van der Waals surface area contributed by atoms with Crippen molar-refractivity contribution in [3.05, 3.63) is 75.8 Å². The third kappa shape index (κ3) is 3.60. The predicted octanol–water partition coefficient (Wildman–Crippen LogP) is 2.37. The fourth-order valence-corrected chi connectivity index (χ4v) is 7.13. The number of rotatable bonds is 4. The maximum atomic E-state index is 13.1. The fourth-order valence-electron chi connectivity index (χ4n) is 4.43. The zero-order chi connectivity index (χ0) is 21.6. The van der Waals surface area contributed by atoms with E-state index in [1.54, 1.807) is 44.6 Å². The molecular formula is C21H20N4O4S2. The summed E-state index contributed by atoms with van der Waals surface area (Å²) in [4.78, 5) is 29.4. The van der Waals surface area contributed by atoms with Crippen molar-refractivity contribution in [2.75, 3.05) is 18.4 Å². The van der Waals surface area contributed by atoms with E-state index in [0.717, 1.165) is 12.1 Å². The molecule has 5 rings (SSSR count). The number of carbonyl (C=O) groups excluding carboxylic acids is 1. The van der Waals surface area contributed by atoms with Crippen LogP contribution in [0.2, 0.25) is 0 Å². The summed E-state index contributed by atoms with van der Waals surface area (Å²) in [5.74, 6) is -0.381. The van der Waals surface area contributed by atoms with Crippen molar-refractivity contribution < 1.29 is 13.2 Å². The number of sulfonamides is 1. The highest BCUT2D eigenvalue weighted by Gasteiger charge is 2.40. The first-order chi connectivity index (χ1) is 14.9. The third-order valence-corrected chi connectivity index (χ3v) is 9.06. The third-order valence-electron chi connectivity index (χ3n) is 5.85. The average Bonchev–Trinajstić information content (AvgIpc) is 3.32. The van der Waals surface area contributed by atoms with Crippen LogP contribution in [-0.2, 0) is 16.6 Å². The second-order valence-electron chi connectivity index (χ2n) is 7.83. The summed E-state index contributed by atoms with van der Waals surface area (Å²) in [6.07, 6.45) is 3.89. The number of thiophene rings is 1. The lowest BCUT2D eigenvalue weighted by Gasteiger charge is -2.42. The Bertz CT molecular complexity index is 1290. The maximum absolute atomic E-state index is 13.1. The molecule has 1 N–H and O–H groups in total. The van der Waals surface area contributed by atoms with E-state index in [-0.39, 0.29) is 29.0 Å². The molecule has 1 fully saturated rings. The Hall–Kier alpha value is -2.82. The predicted molar refractivity (Wildman–Crippen MR) is 117 cm³/mol.